The minimum atomic E-state index is -3.53. The van der Waals surface area contributed by atoms with E-state index in [9.17, 15) is 18.0 Å². The van der Waals surface area contributed by atoms with Gasteiger partial charge in [-0.15, -0.1) is 0 Å². The Morgan fingerprint density at radius 3 is 2.37 bits per heavy atom. The van der Waals surface area contributed by atoms with Crippen molar-refractivity contribution in [2.75, 3.05) is 18.4 Å². The van der Waals surface area contributed by atoms with Gasteiger partial charge in [-0.05, 0) is 55.2 Å². The van der Waals surface area contributed by atoms with Crippen LogP contribution in [0.25, 0.3) is 6.08 Å². The van der Waals surface area contributed by atoms with Crippen LogP contribution in [0.5, 0.6) is 0 Å². The van der Waals surface area contributed by atoms with Gasteiger partial charge in [0.15, 0.2) is 0 Å². The minimum absolute atomic E-state index is 0.155. The van der Waals surface area contributed by atoms with Crippen molar-refractivity contribution < 1.29 is 18.0 Å². The van der Waals surface area contributed by atoms with E-state index in [1.165, 1.54) is 9.71 Å². The van der Waals surface area contributed by atoms with Crippen molar-refractivity contribution in [2.24, 2.45) is 11.7 Å². The van der Waals surface area contributed by atoms with Crippen molar-refractivity contribution >= 4 is 33.6 Å². The number of anilines is 1. The molecule has 1 fully saturated rings. The summed E-state index contributed by atoms with van der Waals surface area (Å²) in [6.45, 7) is 2.33. The molecule has 0 saturated carbocycles. The van der Waals surface area contributed by atoms with E-state index < -0.39 is 15.9 Å². The number of primary amides is 1. The summed E-state index contributed by atoms with van der Waals surface area (Å²) in [6.07, 6.45) is 2.47. The Balaban J connectivity index is 1.57. The van der Waals surface area contributed by atoms with Crippen LogP contribution in [0.3, 0.4) is 0 Å². The van der Waals surface area contributed by atoms with E-state index in [1.807, 2.05) is 30.3 Å². The lowest BCUT2D eigenvalue weighted by atomic mass is 9.97. The molecule has 158 valence electrons. The first-order valence-corrected chi connectivity index (χ1v) is 11.2. The molecule has 3 rings (SSSR count). The number of hydrogen-bond donors (Lipinski definition) is 2. The first kappa shape index (κ1) is 21.7. The van der Waals surface area contributed by atoms with E-state index >= 15 is 0 Å². The molecule has 30 heavy (non-hydrogen) atoms. The Bertz CT molecular complexity index is 1060. The number of rotatable bonds is 6. The quantitative estimate of drug-likeness (QED) is 0.739. The van der Waals surface area contributed by atoms with Gasteiger partial charge in [0, 0.05) is 35.7 Å². The first-order valence-electron chi connectivity index (χ1n) is 9.71. The number of carbonyl (C=O) groups is 2. The summed E-state index contributed by atoms with van der Waals surface area (Å²) >= 11 is 0. The zero-order valence-corrected chi connectivity index (χ0v) is 17.6. The van der Waals surface area contributed by atoms with E-state index in [2.05, 4.69) is 5.32 Å². The molecule has 0 atom stereocenters. The first-order chi connectivity index (χ1) is 14.3. The highest BCUT2D eigenvalue weighted by atomic mass is 32.2. The standard InChI is InChI=1S/C22H25N3O4S/c1-16-15-19(7-8-20(16)21(23)26)24-22(27)18-9-12-25(13-10-18)30(28,29)14-11-17-5-3-2-4-6-17/h2-8,11,14-15,18H,9-10,12-13H2,1H3,(H2,23,26)(H,24,27)/b14-11+. The van der Waals surface area contributed by atoms with Crippen molar-refractivity contribution in [3.63, 3.8) is 0 Å². The lowest BCUT2D eigenvalue weighted by Crippen LogP contribution is -2.40. The number of sulfonamides is 1. The number of amides is 2. The van der Waals surface area contributed by atoms with E-state index in [-0.39, 0.29) is 11.8 Å². The Kier molecular flexibility index (Phi) is 6.69. The maximum Gasteiger partial charge on any atom is 0.248 e. The topological polar surface area (TPSA) is 110 Å². The van der Waals surface area contributed by atoms with Crippen LogP contribution in [0, 0.1) is 12.8 Å². The van der Waals surface area contributed by atoms with Crippen LogP contribution in [0.2, 0.25) is 0 Å². The summed E-state index contributed by atoms with van der Waals surface area (Å²) in [5, 5.41) is 4.06. The third-order valence-electron chi connectivity index (χ3n) is 5.18. The third kappa shape index (κ3) is 5.34. The van der Waals surface area contributed by atoms with Gasteiger partial charge in [0.1, 0.15) is 0 Å². The molecule has 0 spiro atoms. The molecule has 0 unspecified atom stereocenters. The molecular weight excluding hydrogens is 402 g/mol. The van der Waals surface area contributed by atoms with Gasteiger partial charge in [0.05, 0.1) is 0 Å². The number of nitrogens with two attached hydrogens (primary N) is 1. The van der Waals surface area contributed by atoms with Gasteiger partial charge in [-0.3, -0.25) is 9.59 Å². The Morgan fingerprint density at radius 2 is 1.77 bits per heavy atom. The SMILES string of the molecule is Cc1cc(NC(=O)C2CCN(S(=O)(=O)/C=C/c3ccccc3)CC2)ccc1C(N)=O. The van der Waals surface area contributed by atoms with Crippen molar-refractivity contribution in [3.05, 3.63) is 70.6 Å². The monoisotopic (exact) mass is 427 g/mol. The van der Waals surface area contributed by atoms with Crippen molar-refractivity contribution in [2.45, 2.75) is 19.8 Å². The second-order valence-corrected chi connectivity index (χ2v) is 9.13. The molecule has 0 aromatic heterocycles. The number of carbonyl (C=O) groups excluding carboxylic acids is 2. The smallest absolute Gasteiger partial charge is 0.248 e. The fourth-order valence-corrected chi connectivity index (χ4v) is 4.67. The lowest BCUT2D eigenvalue weighted by Gasteiger charge is -2.29. The molecule has 1 heterocycles. The highest BCUT2D eigenvalue weighted by molar-refractivity contribution is 7.92. The number of piperidine rings is 1. The molecule has 2 aromatic rings. The summed E-state index contributed by atoms with van der Waals surface area (Å²) in [6, 6.07) is 14.2. The van der Waals surface area contributed by atoms with Crippen LogP contribution < -0.4 is 11.1 Å². The molecule has 2 amide bonds. The van der Waals surface area contributed by atoms with E-state index in [0.717, 1.165) is 5.56 Å². The maximum absolute atomic E-state index is 12.6. The summed E-state index contributed by atoms with van der Waals surface area (Å²) in [5.74, 6) is -0.941. The second kappa shape index (κ2) is 9.23. The van der Waals surface area contributed by atoms with Gasteiger partial charge in [0.2, 0.25) is 21.8 Å². The highest BCUT2D eigenvalue weighted by Crippen LogP contribution is 2.23. The molecule has 0 radical (unpaired) electrons. The molecule has 3 N–H and O–H groups in total. The fraction of sp³-hybridized carbons (Fsp3) is 0.273. The Morgan fingerprint density at radius 1 is 1.10 bits per heavy atom. The zero-order chi connectivity index (χ0) is 21.7. The largest absolute Gasteiger partial charge is 0.366 e. The van der Waals surface area contributed by atoms with Crippen LogP contribution in [0.4, 0.5) is 5.69 Å². The van der Waals surface area contributed by atoms with Gasteiger partial charge in [-0.25, -0.2) is 8.42 Å². The Hall–Kier alpha value is -2.97. The summed E-state index contributed by atoms with van der Waals surface area (Å²) in [4.78, 5) is 23.9. The predicted octanol–water partition coefficient (Wildman–Crippen LogP) is 2.75. The van der Waals surface area contributed by atoms with Gasteiger partial charge in [-0.1, -0.05) is 30.3 Å². The average molecular weight is 428 g/mol. The van der Waals surface area contributed by atoms with Crippen LogP contribution in [0.15, 0.2) is 53.9 Å². The van der Waals surface area contributed by atoms with Gasteiger partial charge >= 0.3 is 0 Å². The number of nitrogens with one attached hydrogen (secondary N) is 1. The molecule has 1 aliphatic heterocycles. The minimum Gasteiger partial charge on any atom is -0.366 e. The van der Waals surface area contributed by atoms with Gasteiger partial charge in [0.25, 0.3) is 0 Å². The molecule has 2 aromatic carbocycles. The Labute approximate surface area is 176 Å². The second-order valence-electron chi connectivity index (χ2n) is 7.31. The molecule has 0 aliphatic carbocycles. The zero-order valence-electron chi connectivity index (χ0n) is 16.7. The molecule has 8 heteroatoms. The molecule has 1 saturated heterocycles. The number of nitrogens with zero attached hydrogens (tertiary/aromatic N) is 1. The fourth-order valence-electron chi connectivity index (χ4n) is 3.45. The molecular formula is C22H25N3O4S. The summed E-state index contributed by atoms with van der Waals surface area (Å²) in [5.41, 5.74) is 7.80. The van der Waals surface area contributed by atoms with Crippen molar-refractivity contribution in [1.82, 2.24) is 4.31 Å². The number of benzene rings is 2. The van der Waals surface area contributed by atoms with Crippen LogP contribution in [0.1, 0.15) is 34.3 Å². The average Bonchev–Trinajstić information content (AvgIpc) is 2.73. The van der Waals surface area contributed by atoms with Gasteiger partial charge in [-0.2, -0.15) is 4.31 Å². The van der Waals surface area contributed by atoms with Crippen LogP contribution >= 0.6 is 0 Å². The van der Waals surface area contributed by atoms with Crippen LogP contribution in [-0.2, 0) is 14.8 Å². The summed E-state index contributed by atoms with van der Waals surface area (Å²) < 4.78 is 26.5. The molecule has 7 nitrogen and oxygen atoms in total. The highest BCUT2D eigenvalue weighted by Gasteiger charge is 2.30. The van der Waals surface area contributed by atoms with E-state index in [4.69, 9.17) is 5.73 Å². The molecule has 1 aliphatic rings. The van der Waals surface area contributed by atoms with E-state index in [0.29, 0.717) is 42.7 Å². The predicted molar refractivity (Wildman–Crippen MR) is 117 cm³/mol. The number of aryl methyl sites for hydroxylation is 1. The lowest BCUT2D eigenvalue weighted by molar-refractivity contribution is -0.120. The van der Waals surface area contributed by atoms with Crippen LogP contribution in [-0.4, -0.2) is 37.6 Å². The molecule has 0 bridgehead atoms. The normalized spacial score (nSPS) is 15.9. The van der Waals surface area contributed by atoms with Crippen molar-refractivity contribution in [1.29, 1.82) is 0 Å². The number of hydrogen-bond acceptors (Lipinski definition) is 4. The van der Waals surface area contributed by atoms with E-state index in [1.54, 1.807) is 31.2 Å². The van der Waals surface area contributed by atoms with Gasteiger partial charge < -0.3 is 11.1 Å². The maximum atomic E-state index is 12.6. The van der Waals surface area contributed by atoms with Crippen molar-refractivity contribution in [3.8, 4) is 0 Å². The summed E-state index contributed by atoms with van der Waals surface area (Å²) in [7, 11) is -3.53. The third-order valence-corrected chi connectivity index (χ3v) is 6.74.